The van der Waals surface area contributed by atoms with Crippen molar-refractivity contribution in [3.8, 4) is 11.5 Å². The summed E-state index contributed by atoms with van der Waals surface area (Å²) in [6.45, 7) is 0.440. The third kappa shape index (κ3) is 4.06. The van der Waals surface area contributed by atoms with E-state index >= 15 is 0 Å². The molecule has 1 heterocycles. The number of carbonyl (C=O) groups excluding carboxylic acids is 2. The van der Waals surface area contributed by atoms with Crippen LogP contribution in [-0.4, -0.2) is 25.5 Å². The van der Waals surface area contributed by atoms with E-state index in [1.165, 1.54) is 0 Å². The number of amides is 2. The van der Waals surface area contributed by atoms with E-state index in [9.17, 15) is 9.59 Å². The summed E-state index contributed by atoms with van der Waals surface area (Å²) in [6, 6.07) is 21.9. The second-order valence-electron chi connectivity index (χ2n) is 6.62. The molecule has 0 unspecified atom stereocenters. The molecular weight excluding hydrogens is 368 g/mol. The highest BCUT2D eigenvalue weighted by atomic mass is 16.5. The monoisotopic (exact) mass is 388 g/mol. The van der Waals surface area contributed by atoms with E-state index in [4.69, 9.17) is 9.47 Å². The number of carbonyl (C=O) groups is 2. The predicted molar refractivity (Wildman–Crippen MR) is 111 cm³/mol. The zero-order chi connectivity index (χ0) is 20.2. The smallest absolute Gasteiger partial charge is 0.265 e. The average molecular weight is 388 g/mol. The van der Waals surface area contributed by atoms with Crippen molar-refractivity contribution in [2.24, 2.45) is 0 Å². The molecule has 3 aromatic carbocycles. The third-order valence-corrected chi connectivity index (χ3v) is 4.69. The molecule has 2 amide bonds. The first kappa shape index (κ1) is 18.6. The Hall–Kier alpha value is -3.80. The quantitative estimate of drug-likeness (QED) is 0.720. The van der Waals surface area contributed by atoms with Crippen LogP contribution >= 0.6 is 0 Å². The summed E-state index contributed by atoms with van der Waals surface area (Å²) >= 11 is 0. The van der Waals surface area contributed by atoms with E-state index in [1.54, 1.807) is 36.3 Å². The van der Waals surface area contributed by atoms with E-state index in [1.807, 2.05) is 48.5 Å². The lowest BCUT2D eigenvalue weighted by molar-refractivity contribution is -0.121. The Kier molecular flexibility index (Phi) is 5.16. The lowest BCUT2D eigenvalue weighted by Crippen LogP contribution is -2.38. The van der Waals surface area contributed by atoms with Crippen LogP contribution in [0, 0.1) is 0 Å². The number of methoxy groups -OCH3 is 1. The molecular formula is C23H20N2O4. The molecule has 1 aliphatic heterocycles. The number of rotatable bonds is 5. The minimum Gasteiger partial charge on any atom is -0.497 e. The van der Waals surface area contributed by atoms with Crippen molar-refractivity contribution in [2.75, 3.05) is 23.9 Å². The number of hydrogen-bond donors (Lipinski definition) is 1. The van der Waals surface area contributed by atoms with Crippen molar-refractivity contribution in [1.29, 1.82) is 0 Å². The van der Waals surface area contributed by atoms with Crippen molar-refractivity contribution in [1.82, 2.24) is 0 Å². The highest BCUT2D eigenvalue weighted by Gasteiger charge is 2.25. The van der Waals surface area contributed by atoms with E-state index in [0.717, 1.165) is 11.3 Å². The van der Waals surface area contributed by atoms with Crippen LogP contribution < -0.4 is 19.7 Å². The molecule has 0 radical (unpaired) electrons. The zero-order valence-corrected chi connectivity index (χ0v) is 15.9. The van der Waals surface area contributed by atoms with Gasteiger partial charge in [-0.2, -0.15) is 0 Å². The maximum atomic E-state index is 12.5. The normalized spacial score (nSPS) is 12.7. The Labute approximate surface area is 168 Å². The molecule has 0 saturated carbocycles. The van der Waals surface area contributed by atoms with Crippen molar-refractivity contribution >= 4 is 23.2 Å². The van der Waals surface area contributed by atoms with Crippen LogP contribution in [0.1, 0.15) is 15.9 Å². The summed E-state index contributed by atoms with van der Waals surface area (Å²) in [5.41, 5.74) is 2.87. The number of anilines is 2. The van der Waals surface area contributed by atoms with Gasteiger partial charge in [-0.05, 0) is 42.0 Å². The third-order valence-electron chi connectivity index (χ3n) is 4.69. The van der Waals surface area contributed by atoms with Crippen molar-refractivity contribution < 1.29 is 19.1 Å². The van der Waals surface area contributed by atoms with Crippen molar-refractivity contribution in [3.63, 3.8) is 0 Å². The fourth-order valence-electron chi connectivity index (χ4n) is 3.18. The molecule has 0 atom stereocenters. The molecule has 3 aromatic rings. The largest absolute Gasteiger partial charge is 0.497 e. The molecule has 0 aliphatic carbocycles. The fraction of sp³-hybridized carbons (Fsp3) is 0.130. The lowest BCUT2D eigenvalue weighted by atomic mass is 10.1. The van der Waals surface area contributed by atoms with Crippen molar-refractivity contribution in [3.05, 3.63) is 83.9 Å². The van der Waals surface area contributed by atoms with Crippen LogP contribution in [0.15, 0.2) is 72.8 Å². The van der Waals surface area contributed by atoms with Gasteiger partial charge in [-0.15, -0.1) is 0 Å². The molecule has 146 valence electrons. The van der Waals surface area contributed by atoms with Gasteiger partial charge in [0.05, 0.1) is 19.3 Å². The molecule has 0 spiro atoms. The van der Waals surface area contributed by atoms with Crippen LogP contribution in [-0.2, 0) is 11.3 Å². The molecule has 4 rings (SSSR count). The number of fused-ring (bicyclic) bond motifs is 1. The lowest BCUT2D eigenvalue weighted by Gasteiger charge is -2.29. The number of hydrogen-bond acceptors (Lipinski definition) is 4. The van der Waals surface area contributed by atoms with Gasteiger partial charge in [0.1, 0.15) is 11.5 Å². The molecule has 6 heteroatoms. The summed E-state index contributed by atoms with van der Waals surface area (Å²) in [5.74, 6) is 1.07. The van der Waals surface area contributed by atoms with E-state index in [-0.39, 0.29) is 18.4 Å². The first-order valence-electron chi connectivity index (χ1n) is 9.20. The Bertz CT molecular complexity index is 1050. The van der Waals surface area contributed by atoms with Crippen LogP contribution in [0.25, 0.3) is 0 Å². The fourth-order valence-corrected chi connectivity index (χ4v) is 3.18. The van der Waals surface area contributed by atoms with Gasteiger partial charge in [-0.3, -0.25) is 9.59 Å². The van der Waals surface area contributed by atoms with E-state index in [2.05, 4.69) is 5.32 Å². The SMILES string of the molecule is COc1cccc(NC(=O)c2ccc(CN3C(=O)COc4ccccc43)cc2)c1. The van der Waals surface area contributed by atoms with Crippen LogP contribution in [0.4, 0.5) is 11.4 Å². The molecule has 0 fully saturated rings. The van der Waals surface area contributed by atoms with Crippen LogP contribution in [0.2, 0.25) is 0 Å². The van der Waals surface area contributed by atoms with Gasteiger partial charge in [0.25, 0.3) is 11.8 Å². The van der Waals surface area contributed by atoms with Gasteiger partial charge < -0.3 is 19.7 Å². The van der Waals surface area contributed by atoms with E-state index < -0.39 is 0 Å². The highest BCUT2D eigenvalue weighted by Crippen LogP contribution is 2.32. The van der Waals surface area contributed by atoms with Gasteiger partial charge in [0.15, 0.2) is 6.61 Å². The topological polar surface area (TPSA) is 67.9 Å². The van der Waals surface area contributed by atoms with Gasteiger partial charge in [0, 0.05) is 17.3 Å². The molecule has 1 aliphatic rings. The molecule has 6 nitrogen and oxygen atoms in total. The highest BCUT2D eigenvalue weighted by molar-refractivity contribution is 6.04. The van der Waals surface area contributed by atoms with E-state index in [0.29, 0.717) is 29.3 Å². The molecule has 0 aromatic heterocycles. The summed E-state index contributed by atoms with van der Waals surface area (Å²) in [4.78, 5) is 26.5. The molecule has 0 saturated heterocycles. The number of ether oxygens (including phenoxy) is 2. The van der Waals surface area contributed by atoms with Crippen LogP contribution in [0.5, 0.6) is 11.5 Å². The summed E-state index contributed by atoms with van der Waals surface area (Å²) in [7, 11) is 1.58. The Morgan fingerprint density at radius 1 is 1.07 bits per heavy atom. The first-order chi connectivity index (χ1) is 14.1. The summed E-state index contributed by atoms with van der Waals surface area (Å²) in [6.07, 6.45) is 0. The zero-order valence-electron chi connectivity index (χ0n) is 15.9. The Morgan fingerprint density at radius 2 is 1.86 bits per heavy atom. The summed E-state index contributed by atoms with van der Waals surface area (Å²) in [5, 5.41) is 2.85. The summed E-state index contributed by atoms with van der Waals surface area (Å²) < 4.78 is 10.6. The maximum absolute atomic E-state index is 12.5. The maximum Gasteiger partial charge on any atom is 0.265 e. The number of benzene rings is 3. The predicted octanol–water partition coefficient (Wildman–Crippen LogP) is 3.87. The number of nitrogens with one attached hydrogen (secondary N) is 1. The average Bonchev–Trinajstić information content (AvgIpc) is 2.76. The second kappa shape index (κ2) is 8.06. The van der Waals surface area contributed by atoms with Gasteiger partial charge in [-0.25, -0.2) is 0 Å². The Morgan fingerprint density at radius 3 is 2.66 bits per heavy atom. The van der Waals surface area contributed by atoms with Gasteiger partial charge >= 0.3 is 0 Å². The first-order valence-corrected chi connectivity index (χ1v) is 9.20. The molecule has 0 bridgehead atoms. The minimum atomic E-state index is -0.211. The standard InChI is InChI=1S/C23H20N2O4/c1-28-19-6-4-5-18(13-19)24-23(27)17-11-9-16(10-12-17)14-25-20-7-2-3-8-21(20)29-15-22(25)26/h2-13H,14-15H2,1H3,(H,24,27). The molecule has 29 heavy (non-hydrogen) atoms. The van der Waals surface area contributed by atoms with Gasteiger partial charge in [0.2, 0.25) is 0 Å². The van der Waals surface area contributed by atoms with Gasteiger partial charge in [-0.1, -0.05) is 30.3 Å². The number of para-hydroxylation sites is 2. The Balaban J connectivity index is 1.47. The molecule has 1 N–H and O–H groups in total. The van der Waals surface area contributed by atoms with Crippen molar-refractivity contribution in [2.45, 2.75) is 6.54 Å². The van der Waals surface area contributed by atoms with Crippen LogP contribution in [0.3, 0.4) is 0 Å². The second-order valence-corrected chi connectivity index (χ2v) is 6.62. The number of nitrogens with zero attached hydrogens (tertiary/aromatic N) is 1. The minimum absolute atomic E-state index is 0.0258.